The van der Waals surface area contributed by atoms with Crippen LogP contribution in [0.15, 0.2) is 66.1 Å². The van der Waals surface area contributed by atoms with Gasteiger partial charge in [0.15, 0.2) is 0 Å². The second-order valence-corrected chi connectivity index (χ2v) is 8.41. The second-order valence-electron chi connectivity index (χ2n) is 6.57. The third kappa shape index (κ3) is 4.25. The first-order valence-corrected chi connectivity index (χ1v) is 10.7. The molecule has 0 atom stereocenters. The van der Waals surface area contributed by atoms with Gasteiger partial charge in [-0.1, -0.05) is 30.3 Å². The molecule has 1 aliphatic rings. The lowest BCUT2D eigenvalue weighted by molar-refractivity contribution is -0.116. The van der Waals surface area contributed by atoms with Gasteiger partial charge in [0.1, 0.15) is 4.90 Å². The summed E-state index contributed by atoms with van der Waals surface area (Å²) in [6.45, 7) is 3.72. The van der Waals surface area contributed by atoms with Gasteiger partial charge >= 0.3 is 0 Å². The van der Waals surface area contributed by atoms with E-state index in [1.54, 1.807) is 42.5 Å². The zero-order valence-electron chi connectivity index (χ0n) is 16.1. The van der Waals surface area contributed by atoms with Gasteiger partial charge in [-0.2, -0.15) is 0 Å². The lowest BCUT2D eigenvalue weighted by Gasteiger charge is -2.15. The summed E-state index contributed by atoms with van der Waals surface area (Å²) in [6.07, 6.45) is 1.68. The summed E-state index contributed by atoms with van der Waals surface area (Å²) in [4.78, 5) is 36.9. The van der Waals surface area contributed by atoms with Crippen LogP contribution >= 0.6 is 0 Å². The molecule has 0 radical (unpaired) electrons. The first-order chi connectivity index (χ1) is 14.4. The van der Waals surface area contributed by atoms with Crippen molar-refractivity contribution in [2.45, 2.75) is 17.7 Å². The number of hydrogen-bond acceptors (Lipinski definition) is 5. The minimum absolute atomic E-state index is 0.0149. The summed E-state index contributed by atoms with van der Waals surface area (Å²) in [5.41, 5.74) is 0.795. The van der Waals surface area contributed by atoms with E-state index in [-0.39, 0.29) is 41.7 Å². The fraction of sp³-hybridized carbons (Fsp3) is 0.190. The minimum atomic E-state index is -3.89. The Morgan fingerprint density at radius 1 is 1.07 bits per heavy atom. The molecule has 3 amide bonds. The predicted molar refractivity (Wildman–Crippen MR) is 112 cm³/mol. The highest BCUT2D eigenvalue weighted by molar-refractivity contribution is 7.90. The number of nitrogens with zero attached hydrogens (tertiary/aromatic N) is 1. The van der Waals surface area contributed by atoms with E-state index in [1.807, 2.05) is 0 Å². The molecule has 2 aromatic rings. The summed E-state index contributed by atoms with van der Waals surface area (Å²) in [6, 6.07) is 12.6. The van der Waals surface area contributed by atoms with Gasteiger partial charge < -0.3 is 10.6 Å². The molecule has 8 nitrogen and oxygen atoms in total. The maximum atomic E-state index is 12.5. The van der Waals surface area contributed by atoms with Gasteiger partial charge in [-0.3, -0.25) is 14.4 Å². The van der Waals surface area contributed by atoms with Gasteiger partial charge in [0.05, 0.1) is 16.8 Å². The van der Waals surface area contributed by atoms with E-state index in [0.717, 1.165) is 4.31 Å². The summed E-state index contributed by atoms with van der Waals surface area (Å²) in [7, 11) is -3.89. The van der Waals surface area contributed by atoms with Crippen LogP contribution in [0.2, 0.25) is 0 Å². The molecule has 2 N–H and O–H groups in total. The number of rotatable bonds is 8. The highest BCUT2D eigenvalue weighted by Gasteiger charge is 2.40. The number of benzene rings is 2. The van der Waals surface area contributed by atoms with Crippen molar-refractivity contribution in [1.29, 1.82) is 0 Å². The molecular formula is C21H21N3O5S. The van der Waals surface area contributed by atoms with Crippen LogP contribution in [0.1, 0.15) is 33.6 Å². The maximum Gasteiger partial charge on any atom is 0.269 e. The van der Waals surface area contributed by atoms with E-state index in [1.165, 1.54) is 12.1 Å². The quantitative estimate of drug-likeness (QED) is 0.627. The van der Waals surface area contributed by atoms with Crippen LogP contribution < -0.4 is 10.6 Å². The zero-order valence-corrected chi connectivity index (χ0v) is 16.9. The monoisotopic (exact) mass is 427 g/mol. The number of fused-ring (bicyclic) bond motifs is 1. The summed E-state index contributed by atoms with van der Waals surface area (Å²) >= 11 is 0. The summed E-state index contributed by atoms with van der Waals surface area (Å²) < 4.78 is 25.8. The molecule has 0 fully saturated rings. The molecule has 30 heavy (non-hydrogen) atoms. The number of para-hydroxylation sites is 1. The molecule has 0 unspecified atom stereocenters. The number of carbonyl (C=O) groups excluding carboxylic acids is 3. The maximum absolute atomic E-state index is 12.5. The third-order valence-corrected chi connectivity index (χ3v) is 6.37. The molecule has 0 saturated carbocycles. The van der Waals surface area contributed by atoms with Crippen molar-refractivity contribution in [2.24, 2.45) is 0 Å². The molecule has 0 spiro atoms. The Kier molecular flexibility index (Phi) is 6.31. The molecule has 1 heterocycles. The molecule has 0 bridgehead atoms. The lowest BCUT2D eigenvalue weighted by atomic mass is 10.1. The van der Waals surface area contributed by atoms with E-state index in [2.05, 4.69) is 17.2 Å². The van der Waals surface area contributed by atoms with Crippen LogP contribution in [0, 0.1) is 0 Å². The normalized spacial score (nSPS) is 14.1. The second kappa shape index (κ2) is 8.91. The van der Waals surface area contributed by atoms with Crippen molar-refractivity contribution >= 4 is 33.4 Å². The van der Waals surface area contributed by atoms with Crippen LogP contribution in [0.25, 0.3) is 0 Å². The molecule has 9 heteroatoms. The molecular weight excluding hydrogens is 406 g/mol. The number of hydrogen-bond donors (Lipinski definition) is 2. The molecule has 0 aromatic heterocycles. The number of nitrogens with one attached hydrogen (secondary N) is 2. The van der Waals surface area contributed by atoms with Crippen LogP contribution in [0.4, 0.5) is 5.69 Å². The summed E-state index contributed by atoms with van der Waals surface area (Å²) in [5.74, 6) is -1.33. The van der Waals surface area contributed by atoms with Gasteiger partial charge in [-0.25, -0.2) is 12.7 Å². The lowest BCUT2D eigenvalue weighted by Crippen LogP contribution is -2.31. The molecule has 0 aliphatic carbocycles. The van der Waals surface area contributed by atoms with Gasteiger partial charge in [-0.05, 0) is 30.7 Å². The number of sulfonamides is 1. The van der Waals surface area contributed by atoms with Crippen LogP contribution in [0.5, 0.6) is 0 Å². The smallest absolute Gasteiger partial charge is 0.269 e. The number of anilines is 1. The SMILES string of the molecule is C=CCNC(=O)c1ccccc1NC(=O)CCCN1C(=O)c2ccccc2S1(=O)=O. The zero-order chi connectivity index (χ0) is 21.7. The first-order valence-electron chi connectivity index (χ1n) is 9.30. The van der Waals surface area contributed by atoms with E-state index in [9.17, 15) is 22.8 Å². The molecule has 3 rings (SSSR count). The Morgan fingerprint density at radius 2 is 1.77 bits per heavy atom. The Labute approximate surface area is 174 Å². The fourth-order valence-electron chi connectivity index (χ4n) is 3.10. The van der Waals surface area contributed by atoms with Crippen molar-refractivity contribution in [3.63, 3.8) is 0 Å². The predicted octanol–water partition coefficient (Wildman–Crippen LogP) is 2.17. The van der Waals surface area contributed by atoms with E-state index in [0.29, 0.717) is 17.8 Å². The average molecular weight is 427 g/mol. The molecule has 2 aromatic carbocycles. The Balaban J connectivity index is 1.60. The van der Waals surface area contributed by atoms with E-state index in [4.69, 9.17) is 0 Å². The standard InChI is InChI=1S/C21H21N3O5S/c1-2-13-22-20(26)15-8-3-5-10-17(15)23-19(25)12-7-14-24-21(27)16-9-4-6-11-18(16)30(24,28)29/h2-6,8-11H,1,7,12-14H2,(H,22,26)(H,23,25). The van der Waals surface area contributed by atoms with Crippen molar-refractivity contribution in [1.82, 2.24) is 9.62 Å². The topological polar surface area (TPSA) is 113 Å². The largest absolute Gasteiger partial charge is 0.349 e. The van der Waals surface area contributed by atoms with E-state index >= 15 is 0 Å². The van der Waals surface area contributed by atoms with Crippen molar-refractivity contribution in [3.05, 3.63) is 72.3 Å². The van der Waals surface area contributed by atoms with Gasteiger partial charge in [0.2, 0.25) is 5.91 Å². The van der Waals surface area contributed by atoms with E-state index < -0.39 is 15.9 Å². The van der Waals surface area contributed by atoms with Crippen molar-refractivity contribution < 1.29 is 22.8 Å². The number of amides is 3. The molecule has 156 valence electrons. The van der Waals surface area contributed by atoms with Gasteiger partial charge in [0, 0.05) is 19.5 Å². The Bertz CT molecular complexity index is 1110. The van der Waals surface area contributed by atoms with Crippen molar-refractivity contribution in [3.8, 4) is 0 Å². The van der Waals surface area contributed by atoms with Gasteiger partial charge in [0.25, 0.3) is 21.8 Å². The summed E-state index contributed by atoms with van der Waals surface area (Å²) in [5, 5.41) is 5.31. The minimum Gasteiger partial charge on any atom is -0.349 e. The highest BCUT2D eigenvalue weighted by Crippen LogP contribution is 2.30. The average Bonchev–Trinajstić information content (AvgIpc) is 2.93. The van der Waals surface area contributed by atoms with Crippen LogP contribution in [-0.2, 0) is 14.8 Å². The first kappa shape index (κ1) is 21.3. The third-order valence-electron chi connectivity index (χ3n) is 4.53. The van der Waals surface area contributed by atoms with Crippen LogP contribution in [0.3, 0.4) is 0 Å². The Morgan fingerprint density at radius 3 is 2.50 bits per heavy atom. The highest BCUT2D eigenvalue weighted by atomic mass is 32.2. The number of carbonyl (C=O) groups is 3. The van der Waals surface area contributed by atoms with Gasteiger partial charge in [-0.15, -0.1) is 6.58 Å². The van der Waals surface area contributed by atoms with Crippen LogP contribution in [-0.4, -0.2) is 43.5 Å². The molecule has 0 saturated heterocycles. The van der Waals surface area contributed by atoms with Crippen molar-refractivity contribution in [2.75, 3.05) is 18.4 Å². The fourth-order valence-corrected chi connectivity index (χ4v) is 4.71. The molecule has 1 aliphatic heterocycles. The Hall–Kier alpha value is -3.46.